The van der Waals surface area contributed by atoms with E-state index in [2.05, 4.69) is 0 Å². The van der Waals surface area contributed by atoms with E-state index in [9.17, 15) is 18.0 Å². The molecule has 0 saturated heterocycles. The first-order valence-corrected chi connectivity index (χ1v) is 9.55. The van der Waals surface area contributed by atoms with Crippen LogP contribution in [0, 0.1) is 0 Å². The van der Waals surface area contributed by atoms with E-state index in [0.717, 1.165) is 17.2 Å². The monoisotopic (exact) mass is 415 g/mol. The molecule has 0 unspecified atom stereocenters. The second-order valence-electron chi connectivity index (χ2n) is 6.91. The molecule has 29 heavy (non-hydrogen) atoms. The van der Waals surface area contributed by atoms with Crippen LogP contribution >= 0.6 is 11.6 Å². The van der Waals surface area contributed by atoms with Crippen molar-refractivity contribution in [2.45, 2.75) is 18.6 Å². The number of nitrogens with zero attached hydrogens (tertiary/aromatic N) is 1. The minimum absolute atomic E-state index is 0.303. The van der Waals surface area contributed by atoms with E-state index >= 15 is 0 Å². The highest BCUT2D eigenvalue weighted by Gasteiger charge is 2.39. The van der Waals surface area contributed by atoms with Crippen LogP contribution in [-0.4, -0.2) is 17.4 Å². The van der Waals surface area contributed by atoms with Gasteiger partial charge in [0.1, 0.15) is 0 Å². The van der Waals surface area contributed by atoms with Crippen molar-refractivity contribution in [3.63, 3.8) is 0 Å². The standard InChI is InChI=1S/C23H17ClF3NO/c24-20-12-6-4-10-18(20)21-16-8-2-1-7-15(16)13-14-28(21)22(29)17-9-3-5-11-19(17)23(25,26)27/h1-12,21H,13-14H2/t21-/m1/s1. The number of alkyl halides is 3. The van der Waals surface area contributed by atoms with E-state index in [1.54, 1.807) is 12.1 Å². The van der Waals surface area contributed by atoms with Crippen molar-refractivity contribution in [2.75, 3.05) is 6.54 Å². The van der Waals surface area contributed by atoms with Gasteiger partial charge in [-0.25, -0.2) is 0 Å². The van der Waals surface area contributed by atoms with Crippen LogP contribution in [0.15, 0.2) is 72.8 Å². The van der Waals surface area contributed by atoms with Gasteiger partial charge in [0.15, 0.2) is 0 Å². The molecule has 3 aromatic carbocycles. The van der Waals surface area contributed by atoms with E-state index in [0.29, 0.717) is 23.6 Å². The van der Waals surface area contributed by atoms with Crippen molar-refractivity contribution in [2.24, 2.45) is 0 Å². The predicted octanol–water partition coefficient (Wildman–Crippen LogP) is 6.15. The van der Waals surface area contributed by atoms with Gasteiger partial charge in [-0.05, 0) is 41.3 Å². The van der Waals surface area contributed by atoms with Crippen LogP contribution in [0.2, 0.25) is 5.02 Å². The van der Waals surface area contributed by atoms with Gasteiger partial charge in [0.2, 0.25) is 0 Å². The van der Waals surface area contributed by atoms with Crippen LogP contribution in [0.25, 0.3) is 0 Å². The number of carbonyl (C=O) groups excluding carboxylic acids is 1. The van der Waals surface area contributed by atoms with Gasteiger partial charge in [-0.3, -0.25) is 4.79 Å². The average molecular weight is 416 g/mol. The molecule has 1 aliphatic heterocycles. The number of hydrogen-bond donors (Lipinski definition) is 0. The second-order valence-corrected chi connectivity index (χ2v) is 7.32. The first kappa shape index (κ1) is 19.5. The summed E-state index contributed by atoms with van der Waals surface area (Å²) >= 11 is 6.43. The summed E-state index contributed by atoms with van der Waals surface area (Å²) in [6.07, 6.45) is -4.04. The number of fused-ring (bicyclic) bond motifs is 1. The van der Waals surface area contributed by atoms with Crippen molar-refractivity contribution in [1.29, 1.82) is 0 Å². The van der Waals surface area contributed by atoms with E-state index in [1.165, 1.54) is 23.1 Å². The summed E-state index contributed by atoms with van der Waals surface area (Å²) < 4.78 is 40.5. The van der Waals surface area contributed by atoms with Gasteiger partial charge in [0.25, 0.3) is 5.91 Å². The molecule has 4 rings (SSSR count). The van der Waals surface area contributed by atoms with Crippen LogP contribution in [0.3, 0.4) is 0 Å². The minimum Gasteiger partial charge on any atom is -0.327 e. The minimum atomic E-state index is -4.61. The highest BCUT2D eigenvalue weighted by molar-refractivity contribution is 6.31. The van der Waals surface area contributed by atoms with Gasteiger partial charge in [-0.15, -0.1) is 0 Å². The smallest absolute Gasteiger partial charge is 0.327 e. The third-order valence-electron chi connectivity index (χ3n) is 5.21. The van der Waals surface area contributed by atoms with Crippen LogP contribution in [0.4, 0.5) is 13.2 Å². The highest BCUT2D eigenvalue weighted by atomic mass is 35.5. The maximum Gasteiger partial charge on any atom is 0.417 e. The molecule has 0 fully saturated rings. The summed E-state index contributed by atoms with van der Waals surface area (Å²) in [5.41, 5.74) is 1.35. The summed E-state index contributed by atoms with van der Waals surface area (Å²) in [4.78, 5) is 14.8. The lowest BCUT2D eigenvalue weighted by molar-refractivity contribution is -0.138. The lowest BCUT2D eigenvalue weighted by Gasteiger charge is -2.38. The summed E-state index contributed by atoms with van der Waals surface area (Å²) in [5, 5.41) is 0.469. The summed E-state index contributed by atoms with van der Waals surface area (Å²) in [7, 11) is 0. The molecule has 1 aliphatic rings. The average Bonchev–Trinajstić information content (AvgIpc) is 2.72. The molecule has 0 aliphatic carbocycles. The van der Waals surface area contributed by atoms with E-state index < -0.39 is 23.7 Å². The molecule has 1 atom stereocenters. The molecular formula is C23H17ClF3NO. The molecule has 0 spiro atoms. The number of carbonyl (C=O) groups is 1. The third-order valence-corrected chi connectivity index (χ3v) is 5.55. The molecule has 0 bridgehead atoms. The molecule has 3 aromatic rings. The van der Waals surface area contributed by atoms with Crippen LogP contribution in [0.1, 0.15) is 38.7 Å². The molecule has 6 heteroatoms. The SMILES string of the molecule is O=C(c1ccccc1C(F)(F)F)N1CCc2ccccc2[C@@H]1c1ccccc1Cl. The van der Waals surface area contributed by atoms with Crippen LogP contribution in [-0.2, 0) is 12.6 Å². The zero-order chi connectivity index (χ0) is 20.6. The zero-order valence-corrected chi connectivity index (χ0v) is 16.0. The topological polar surface area (TPSA) is 20.3 Å². The summed E-state index contributed by atoms with van der Waals surface area (Å²) in [6.45, 7) is 0.303. The van der Waals surface area contributed by atoms with Crippen molar-refractivity contribution >= 4 is 17.5 Å². The first-order chi connectivity index (χ1) is 13.9. The van der Waals surface area contributed by atoms with E-state index in [-0.39, 0.29) is 5.56 Å². The Labute approximate surface area is 171 Å². The van der Waals surface area contributed by atoms with E-state index in [4.69, 9.17) is 11.6 Å². The van der Waals surface area contributed by atoms with E-state index in [1.807, 2.05) is 36.4 Å². The largest absolute Gasteiger partial charge is 0.417 e. The van der Waals surface area contributed by atoms with Crippen LogP contribution in [0.5, 0.6) is 0 Å². The van der Waals surface area contributed by atoms with Gasteiger partial charge in [0, 0.05) is 11.6 Å². The predicted molar refractivity (Wildman–Crippen MR) is 106 cm³/mol. The fraction of sp³-hybridized carbons (Fsp3) is 0.174. The Hall–Kier alpha value is -2.79. The third kappa shape index (κ3) is 3.62. The van der Waals surface area contributed by atoms with Crippen LogP contribution < -0.4 is 0 Å². The number of benzene rings is 3. The summed E-state index contributed by atoms with van der Waals surface area (Å²) in [5.74, 6) is -0.655. The quantitative estimate of drug-likeness (QED) is 0.491. The Morgan fingerprint density at radius 2 is 1.52 bits per heavy atom. The Kier molecular flexibility index (Phi) is 5.09. The number of halogens is 4. The zero-order valence-electron chi connectivity index (χ0n) is 15.3. The Bertz CT molecular complexity index is 1060. The van der Waals surface area contributed by atoms with Gasteiger partial charge in [-0.2, -0.15) is 13.2 Å². The van der Waals surface area contributed by atoms with Crippen molar-refractivity contribution in [3.8, 4) is 0 Å². The fourth-order valence-corrected chi connectivity index (χ4v) is 4.13. The fourth-order valence-electron chi connectivity index (χ4n) is 3.89. The Balaban J connectivity index is 1.85. The number of rotatable bonds is 2. The molecular weight excluding hydrogens is 399 g/mol. The van der Waals surface area contributed by atoms with Gasteiger partial charge in [-0.1, -0.05) is 66.2 Å². The van der Waals surface area contributed by atoms with Crippen molar-refractivity contribution in [3.05, 3.63) is 106 Å². The molecule has 0 N–H and O–H groups in total. The molecule has 0 aromatic heterocycles. The van der Waals surface area contributed by atoms with Crippen molar-refractivity contribution in [1.82, 2.24) is 4.90 Å². The molecule has 1 amide bonds. The number of hydrogen-bond acceptors (Lipinski definition) is 1. The summed E-state index contributed by atoms with van der Waals surface area (Å²) in [6, 6.07) is 19.1. The lowest BCUT2D eigenvalue weighted by atomic mass is 9.87. The molecule has 1 heterocycles. The number of amides is 1. The van der Waals surface area contributed by atoms with Crippen molar-refractivity contribution < 1.29 is 18.0 Å². The Morgan fingerprint density at radius 3 is 2.24 bits per heavy atom. The highest BCUT2D eigenvalue weighted by Crippen LogP contribution is 2.40. The molecule has 0 radical (unpaired) electrons. The maximum atomic E-state index is 13.5. The maximum absolute atomic E-state index is 13.5. The lowest BCUT2D eigenvalue weighted by Crippen LogP contribution is -2.41. The normalized spacial score (nSPS) is 16.4. The molecule has 2 nitrogen and oxygen atoms in total. The van der Waals surface area contributed by atoms with Gasteiger partial charge < -0.3 is 4.90 Å². The van der Waals surface area contributed by atoms with Gasteiger partial charge in [0.05, 0.1) is 17.2 Å². The first-order valence-electron chi connectivity index (χ1n) is 9.17. The van der Waals surface area contributed by atoms with Gasteiger partial charge >= 0.3 is 6.18 Å². The molecule has 0 saturated carbocycles. The second kappa shape index (κ2) is 7.56. The molecule has 148 valence electrons. The Morgan fingerprint density at radius 1 is 0.897 bits per heavy atom.